The van der Waals surface area contributed by atoms with Crippen molar-refractivity contribution in [3.8, 4) is 5.75 Å². The summed E-state index contributed by atoms with van der Waals surface area (Å²) in [6, 6.07) is 2.48. The Labute approximate surface area is 161 Å². The van der Waals surface area contributed by atoms with E-state index in [2.05, 4.69) is 10.1 Å². The molecule has 0 atom stereocenters. The Bertz CT molecular complexity index is 605. The van der Waals surface area contributed by atoms with Crippen molar-refractivity contribution in [2.24, 2.45) is 0 Å². The molecular formula is C11H11BF4KN3O. The van der Waals surface area contributed by atoms with E-state index in [4.69, 9.17) is 4.74 Å². The minimum atomic E-state index is -5.36. The van der Waals surface area contributed by atoms with E-state index >= 15 is 0 Å². The summed E-state index contributed by atoms with van der Waals surface area (Å²) in [6.45, 7) is -2.91. The number of aryl methyl sites for hydroxylation is 1. The van der Waals surface area contributed by atoms with Gasteiger partial charge in [0.25, 0.3) is 0 Å². The van der Waals surface area contributed by atoms with Crippen LogP contribution in [0.25, 0.3) is 0 Å². The minimum Gasteiger partial charge on any atom is -0.486 e. The van der Waals surface area contributed by atoms with E-state index in [0.717, 1.165) is 12.1 Å². The molecule has 2 rings (SSSR count). The normalized spacial score (nSPS) is 11.1. The van der Waals surface area contributed by atoms with Gasteiger partial charge < -0.3 is 17.7 Å². The van der Waals surface area contributed by atoms with Gasteiger partial charge in [-0.1, -0.05) is 11.5 Å². The standard InChI is InChI=1S/C11H11BF4N3O.K/c1-2-19-11(17-7-18-19)6-20-8-3-4-9(10(13)5-8)12(14,15)16;/h3-5,7H,2,6H2,1H3;/q-1;+1. The van der Waals surface area contributed by atoms with Crippen LogP contribution in [0.4, 0.5) is 17.3 Å². The Morgan fingerprint density at radius 2 is 2.00 bits per heavy atom. The molecule has 21 heavy (non-hydrogen) atoms. The summed E-state index contributed by atoms with van der Waals surface area (Å²) in [6.07, 6.45) is 1.35. The predicted molar refractivity (Wildman–Crippen MR) is 65.1 cm³/mol. The molecule has 1 aromatic heterocycles. The van der Waals surface area contributed by atoms with Crippen LogP contribution in [-0.2, 0) is 13.2 Å². The summed E-state index contributed by atoms with van der Waals surface area (Å²) in [7, 11) is 0. The molecule has 0 radical (unpaired) electrons. The van der Waals surface area contributed by atoms with E-state index in [1.165, 1.54) is 6.33 Å². The molecule has 0 spiro atoms. The zero-order valence-corrected chi connectivity index (χ0v) is 14.7. The van der Waals surface area contributed by atoms with Crippen molar-refractivity contribution in [3.63, 3.8) is 0 Å². The van der Waals surface area contributed by atoms with Gasteiger partial charge in [-0.3, -0.25) is 0 Å². The Kier molecular flexibility index (Phi) is 6.85. The van der Waals surface area contributed by atoms with Crippen LogP contribution in [0.1, 0.15) is 12.7 Å². The first-order valence-corrected chi connectivity index (χ1v) is 5.90. The van der Waals surface area contributed by atoms with E-state index in [1.54, 1.807) is 4.68 Å². The van der Waals surface area contributed by atoms with Gasteiger partial charge in [-0.15, -0.1) is 0 Å². The van der Waals surface area contributed by atoms with E-state index in [1.807, 2.05) is 6.92 Å². The van der Waals surface area contributed by atoms with E-state index in [0.29, 0.717) is 18.4 Å². The molecule has 0 bridgehead atoms. The topological polar surface area (TPSA) is 39.9 Å². The number of rotatable bonds is 5. The molecule has 10 heteroatoms. The van der Waals surface area contributed by atoms with Crippen LogP contribution in [0.2, 0.25) is 0 Å². The third kappa shape index (κ3) is 4.78. The summed E-state index contributed by atoms with van der Waals surface area (Å²) in [5, 5.41) is 3.92. The van der Waals surface area contributed by atoms with E-state index in [9.17, 15) is 17.3 Å². The molecule has 0 fully saturated rings. The third-order valence-corrected chi connectivity index (χ3v) is 2.69. The average molecular weight is 327 g/mol. The molecule has 1 heterocycles. The Balaban J connectivity index is 0.00000220. The fourth-order valence-electron chi connectivity index (χ4n) is 1.68. The molecule has 0 saturated heterocycles. The fraction of sp³-hybridized carbons (Fsp3) is 0.273. The number of benzene rings is 1. The number of aromatic nitrogens is 3. The van der Waals surface area contributed by atoms with Crippen molar-refractivity contribution < 1.29 is 73.5 Å². The molecule has 0 unspecified atom stereocenters. The van der Waals surface area contributed by atoms with Gasteiger partial charge in [0.05, 0.1) is 5.82 Å². The summed E-state index contributed by atoms with van der Waals surface area (Å²) in [5.41, 5.74) is -1.26. The van der Waals surface area contributed by atoms with Crippen LogP contribution in [0, 0.1) is 5.82 Å². The zero-order valence-electron chi connectivity index (χ0n) is 11.6. The molecule has 0 aliphatic carbocycles. The maximum Gasteiger partial charge on any atom is 1.00 e. The second kappa shape index (κ2) is 7.73. The number of halogens is 4. The Morgan fingerprint density at radius 1 is 1.29 bits per heavy atom. The molecule has 1 aromatic carbocycles. The van der Waals surface area contributed by atoms with Crippen LogP contribution in [0.15, 0.2) is 24.5 Å². The van der Waals surface area contributed by atoms with Gasteiger partial charge in [0.2, 0.25) is 0 Å². The van der Waals surface area contributed by atoms with Crippen LogP contribution < -0.4 is 61.6 Å². The molecule has 0 saturated carbocycles. The SMILES string of the molecule is CCn1ncnc1COc1ccc([B-](F)(F)F)c(F)c1.[K+]. The molecule has 2 aromatic rings. The van der Waals surface area contributed by atoms with Crippen molar-refractivity contribution in [1.82, 2.24) is 14.8 Å². The fourth-order valence-corrected chi connectivity index (χ4v) is 1.68. The van der Waals surface area contributed by atoms with Crippen LogP contribution in [0.3, 0.4) is 0 Å². The largest absolute Gasteiger partial charge is 1.00 e. The second-order valence-corrected chi connectivity index (χ2v) is 4.04. The van der Waals surface area contributed by atoms with Crippen molar-refractivity contribution in [2.75, 3.05) is 0 Å². The van der Waals surface area contributed by atoms with Gasteiger partial charge in [0.15, 0.2) is 5.82 Å². The first-order valence-electron chi connectivity index (χ1n) is 5.90. The third-order valence-electron chi connectivity index (χ3n) is 2.69. The quantitative estimate of drug-likeness (QED) is 0.527. The Morgan fingerprint density at radius 3 is 2.57 bits per heavy atom. The maximum atomic E-state index is 13.3. The van der Waals surface area contributed by atoms with Crippen molar-refractivity contribution in [1.29, 1.82) is 0 Å². The summed E-state index contributed by atoms with van der Waals surface area (Å²) in [5.74, 6) is -0.819. The first-order chi connectivity index (χ1) is 9.41. The smallest absolute Gasteiger partial charge is 0.486 e. The van der Waals surface area contributed by atoms with Crippen molar-refractivity contribution in [3.05, 3.63) is 36.2 Å². The van der Waals surface area contributed by atoms with Crippen molar-refractivity contribution in [2.45, 2.75) is 20.1 Å². The molecule has 4 nitrogen and oxygen atoms in total. The summed E-state index contributed by atoms with van der Waals surface area (Å²) in [4.78, 5) is 3.94. The second-order valence-electron chi connectivity index (χ2n) is 4.04. The van der Waals surface area contributed by atoms with Gasteiger partial charge in [-0.2, -0.15) is 5.10 Å². The summed E-state index contributed by atoms with van der Waals surface area (Å²) < 4.78 is 57.5. The van der Waals surface area contributed by atoms with E-state index in [-0.39, 0.29) is 63.7 Å². The maximum absolute atomic E-state index is 13.3. The molecule has 0 N–H and O–H groups in total. The molecule has 0 aliphatic rings. The molecule has 108 valence electrons. The van der Waals surface area contributed by atoms with Gasteiger partial charge >= 0.3 is 58.4 Å². The predicted octanol–water partition coefficient (Wildman–Crippen LogP) is -0.925. The summed E-state index contributed by atoms with van der Waals surface area (Å²) >= 11 is 0. The van der Waals surface area contributed by atoms with Gasteiger partial charge in [0, 0.05) is 12.6 Å². The zero-order chi connectivity index (χ0) is 14.8. The molecule has 0 amide bonds. The number of nitrogens with zero attached hydrogens (tertiary/aromatic N) is 3. The van der Waals surface area contributed by atoms with Gasteiger partial charge in [-0.25, -0.2) is 14.1 Å². The first kappa shape index (κ1) is 18.6. The average Bonchev–Trinajstić information content (AvgIpc) is 2.82. The minimum absolute atomic E-state index is 0. The number of ether oxygens (including phenoxy) is 1. The van der Waals surface area contributed by atoms with Crippen LogP contribution in [0.5, 0.6) is 5.75 Å². The van der Waals surface area contributed by atoms with E-state index < -0.39 is 18.3 Å². The van der Waals surface area contributed by atoms with Gasteiger partial charge in [0.1, 0.15) is 18.7 Å². The Hall–Kier alpha value is -0.419. The monoisotopic (exact) mass is 327 g/mol. The molecule has 0 aliphatic heterocycles. The van der Waals surface area contributed by atoms with Gasteiger partial charge in [-0.05, 0) is 13.0 Å². The number of hydrogen-bond donors (Lipinski definition) is 0. The van der Waals surface area contributed by atoms with Crippen LogP contribution >= 0.6 is 0 Å². The van der Waals surface area contributed by atoms with Crippen LogP contribution in [-0.4, -0.2) is 21.7 Å². The number of hydrogen-bond acceptors (Lipinski definition) is 3. The van der Waals surface area contributed by atoms with Crippen molar-refractivity contribution >= 4 is 12.4 Å². The molecular weight excluding hydrogens is 316 g/mol.